The molecule has 23 heavy (non-hydrogen) atoms. The first-order valence-corrected chi connectivity index (χ1v) is 7.86. The number of benzene rings is 1. The minimum Gasteiger partial charge on any atom is -0.492 e. The molecule has 1 aromatic carbocycles. The van der Waals surface area contributed by atoms with Gasteiger partial charge < -0.3 is 15.4 Å². The molecule has 3 rings (SSSR count). The Morgan fingerprint density at radius 1 is 1.52 bits per heavy atom. The van der Waals surface area contributed by atoms with Crippen molar-refractivity contribution in [1.82, 2.24) is 20.4 Å². The summed E-state index contributed by atoms with van der Waals surface area (Å²) in [4.78, 5) is 11.9. The first-order valence-electron chi connectivity index (χ1n) is 7.86. The van der Waals surface area contributed by atoms with Crippen molar-refractivity contribution in [2.24, 2.45) is 7.05 Å². The van der Waals surface area contributed by atoms with Crippen LogP contribution in [0.15, 0.2) is 30.6 Å². The van der Waals surface area contributed by atoms with E-state index in [0.29, 0.717) is 13.2 Å². The minimum absolute atomic E-state index is 0.0442. The molecule has 2 aromatic rings. The number of aryl methyl sites for hydroxylation is 1. The van der Waals surface area contributed by atoms with Crippen LogP contribution in [0.4, 0.5) is 0 Å². The first-order chi connectivity index (χ1) is 11.2. The van der Waals surface area contributed by atoms with Crippen molar-refractivity contribution < 1.29 is 9.53 Å². The van der Waals surface area contributed by atoms with Crippen molar-refractivity contribution in [1.29, 1.82) is 0 Å². The van der Waals surface area contributed by atoms with E-state index in [-0.39, 0.29) is 11.9 Å². The van der Waals surface area contributed by atoms with Crippen molar-refractivity contribution in [3.05, 3.63) is 36.7 Å². The van der Waals surface area contributed by atoms with Crippen molar-refractivity contribution >= 4 is 5.91 Å². The van der Waals surface area contributed by atoms with Gasteiger partial charge in [0.1, 0.15) is 12.4 Å². The third kappa shape index (κ3) is 4.10. The molecule has 6 nitrogen and oxygen atoms in total. The minimum atomic E-state index is -0.0442. The molecule has 1 amide bonds. The summed E-state index contributed by atoms with van der Waals surface area (Å²) in [6, 6.07) is 8.67. The Labute approximate surface area is 135 Å². The van der Waals surface area contributed by atoms with Crippen LogP contribution in [-0.2, 0) is 11.8 Å². The summed E-state index contributed by atoms with van der Waals surface area (Å²) in [6.45, 7) is 1.85. The van der Waals surface area contributed by atoms with Crippen LogP contribution in [0.5, 0.6) is 5.75 Å². The molecule has 6 heteroatoms. The molecule has 1 aliphatic rings. The molecule has 0 saturated carbocycles. The third-order valence-corrected chi connectivity index (χ3v) is 3.85. The fourth-order valence-electron chi connectivity index (χ4n) is 2.65. The van der Waals surface area contributed by atoms with Crippen molar-refractivity contribution in [3.63, 3.8) is 0 Å². The smallest absolute Gasteiger partial charge is 0.237 e. The molecule has 1 atom stereocenters. The van der Waals surface area contributed by atoms with Gasteiger partial charge in [-0.3, -0.25) is 9.48 Å². The van der Waals surface area contributed by atoms with Crippen LogP contribution >= 0.6 is 0 Å². The van der Waals surface area contributed by atoms with Gasteiger partial charge in [0.25, 0.3) is 0 Å². The van der Waals surface area contributed by atoms with Crippen LogP contribution in [0.2, 0.25) is 0 Å². The topological polar surface area (TPSA) is 68.2 Å². The molecular weight excluding hydrogens is 292 g/mol. The molecule has 121 valence electrons. The predicted molar refractivity (Wildman–Crippen MR) is 87.0 cm³/mol. The van der Waals surface area contributed by atoms with Crippen molar-refractivity contribution in [2.45, 2.75) is 18.9 Å². The molecule has 1 unspecified atom stereocenters. The normalized spacial score (nSPS) is 17.2. The largest absolute Gasteiger partial charge is 0.492 e. The second-order valence-electron chi connectivity index (χ2n) is 5.65. The van der Waals surface area contributed by atoms with Crippen LogP contribution in [0.25, 0.3) is 11.1 Å². The second-order valence-corrected chi connectivity index (χ2v) is 5.65. The summed E-state index contributed by atoms with van der Waals surface area (Å²) in [7, 11) is 1.88. The average Bonchev–Trinajstić information content (AvgIpc) is 3.23. The average molecular weight is 313 g/mol. The molecule has 1 saturated heterocycles. The van der Waals surface area contributed by atoms with E-state index in [1.165, 1.54) is 0 Å². The SMILES string of the molecule is Cn1cc(-c2c[c]cc(OCCNC(=O)C3CCCN3)c2)cn1. The van der Waals surface area contributed by atoms with Crippen LogP contribution in [0.1, 0.15) is 12.8 Å². The Bertz CT molecular complexity index is 662. The van der Waals surface area contributed by atoms with Crippen LogP contribution in [0, 0.1) is 6.07 Å². The second kappa shape index (κ2) is 7.28. The number of nitrogens with one attached hydrogen (secondary N) is 2. The Balaban J connectivity index is 1.48. The zero-order valence-electron chi connectivity index (χ0n) is 13.2. The first kappa shape index (κ1) is 15.6. The Morgan fingerprint density at radius 3 is 3.17 bits per heavy atom. The quantitative estimate of drug-likeness (QED) is 0.785. The highest BCUT2D eigenvalue weighted by Crippen LogP contribution is 2.22. The maximum absolute atomic E-state index is 11.9. The zero-order valence-corrected chi connectivity index (χ0v) is 13.2. The zero-order chi connectivity index (χ0) is 16.1. The number of nitrogens with zero attached hydrogens (tertiary/aromatic N) is 2. The molecular formula is C17H21N4O2. The lowest BCUT2D eigenvalue weighted by Gasteiger charge is -2.12. The van der Waals surface area contributed by atoms with Gasteiger partial charge in [-0.05, 0) is 49.2 Å². The van der Waals surface area contributed by atoms with Crippen molar-refractivity contribution in [3.8, 4) is 16.9 Å². The van der Waals surface area contributed by atoms with Gasteiger partial charge in [0.2, 0.25) is 5.91 Å². The van der Waals surface area contributed by atoms with E-state index in [1.54, 1.807) is 10.7 Å². The van der Waals surface area contributed by atoms with E-state index < -0.39 is 0 Å². The van der Waals surface area contributed by atoms with Gasteiger partial charge in [-0.1, -0.05) is 0 Å². The molecule has 2 heterocycles. The molecule has 0 bridgehead atoms. The predicted octanol–water partition coefficient (Wildman–Crippen LogP) is 1.13. The molecule has 1 radical (unpaired) electrons. The van der Waals surface area contributed by atoms with Gasteiger partial charge in [0.15, 0.2) is 0 Å². The maximum atomic E-state index is 11.9. The number of rotatable bonds is 6. The van der Waals surface area contributed by atoms with E-state index in [4.69, 9.17) is 4.74 Å². The summed E-state index contributed by atoms with van der Waals surface area (Å²) in [5.74, 6) is 0.793. The Kier molecular flexibility index (Phi) is 4.92. The van der Waals surface area contributed by atoms with Crippen LogP contribution in [0.3, 0.4) is 0 Å². The molecule has 1 aliphatic heterocycles. The lowest BCUT2D eigenvalue weighted by molar-refractivity contribution is -0.122. The highest BCUT2D eigenvalue weighted by Gasteiger charge is 2.21. The number of carbonyl (C=O) groups is 1. The number of hydrogen-bond acceptors (Lipinski definition) is 4. The number of carbonyl (C=O) groups excluding carboxylic acids is 1. The Morgan fingerprint density at radius 2 is 2.43 bits per heavy atom. The third-order valence-electron chi connectivity index (χ3n) is 3.85. The van der Waals surface area contributed by atoms with Gasteiger partial charge in [0, 0.05) is 18.8 Å². The summed E-state index contributed by atoms with van der Waals surface area (Å²) in [6.07, 6.45) is 5.73. The van der Waals surface area contributed by atoms with Crippen molar-refractivity contribution in [2.75, 3.05) is 19.7 Å². The highest BCUT2D eigenvalue weighted by atomic mass is 16.5. The summed E-state index contributed by atoms with van der Waals surface area (Å²) < 4.78 is 7.45. The molecule has 1 fully saturated rings. The van der Waals surface area contributed by atoms with Gasteiger partial charge >= 0.3 is 0 Å². The Hall–Kier alpha value is -2.34. The van der Waals surface area contributed by atoms with E-state index in [2.05, 4.69) is 21.8 Å². The molecule has 1 aromatic heterocycles. The van der Waals surface area contributed by atoms with E-state index in [1.807, 2.05) is 31.6 Å². The molecule has 0 aliphatic carbocycles. The van der Waals surface area contributed by atoms with Crippen LogP contribution in [-0.4, -0.2) is 41.4 Å². The fraction of sp³-hybridized carbons (Fsp3) is 0.412. The summed E-state index contributed by atoms with van der Waals surface area (Å²) in [5, 5.41) is 10.2. The lowest BCUT2D eigenvalue weighted by Crippen LogP contribution is -2.41. The fourth-order valence-corrected chi connectivity index (χ4v) is 2.65. The van der Waals surface area contributed by atoms with Gasteiger partial charge in [-0.25, -0.2) is 0 Å². The van der Waals surface area contributed by atoms with Gasteiger partial charge in [-0.15, -0.1) is 0 Å². The van der Waals surface area contributed by atoms with E-state index in [9.17, 15) is 4.79 Å². The lowest BCUT2D eigenvalue weighted by atomic mass is 10.1. The van der Waals surface area contributed by atoms with Gasteiger partial charge in [-0.2, -0.15) is 5.10 Å². The summed E-state index contributed by atoms with van der Waals surface area (Å²) in [5.41, 5.74) is 2.03. The van der Waals surface area contributed by atoms with E-state index >= 15 is 0 Å². The number of hydrogen-bond donors (Lipinski definition) is 2. The van der Waals surface area contributed by atoms with Crippen LogP contribution < -0.4 is 15.4 Å². The number of amides is 1. The summed E-state index contributed by atoms with van der Waals surface area (Å²) >= 11 is 0. The van der Waals surface area contributed by atoms with E-state index in [0.717, 1.165) is 36.3 Å². The maximum Gasteiger partial charge on any atom is 0.237 e. The molecule has 2 N–H and O–H groups in total. The monoisotopic (exact) mass is 313 g/mol. The molecule has 0 spiro atoms. The standard InChI is InChI=1S/C17H21N4O2/c1-21-12-14(11-20-21)13-4-2-5-15(10-13)23-9-8-19-17(22)16-6-3-7-18-16/h4-5,10-12,16,18H,3,6-9H2,1H3,(H,19,22). The highest BCUT2D eigenvalue weighted by molar-refractivity contribution is 5.81. The van der Waals surface area contributed by atoms with Gasteiger partial charge in [0.05, 0.1) is 18.8 Å². The number of ether oxygens (including phenoxy) is 1. The number of aromatic nitrogens is 2.